The Labute approximate surface area is 186 Å². The van der Waals surface area contributed by atoms with Gasteiger partial charge in [0.05, 0.1) is 30.4 Å². The number of pyridine rings is 1. The molecule has 0 aliphatic heterocycles. The lowest BCUT2D eigenvalue weighted by atomic mass is 9.94. The van der Waals surface area contributed by atoms with Crippen LogP contribution in [0.2, 0.25) is 0 Å². The van der Waals surface area contributed by atoms with E-state index in [2.05, 4.69) is 25.5 Å². The summed E-state index contributed by atoms with van der Waals surface area (Å²) >= 11 is 0. The fraction of sp³-hybridized carbons (Fsp3) is 0.250. The highest BCUT2D eigenvalue weighted by Crippen LogP contribution is 2.29. The van der Waals surface area contributed by atoms with Crippen LogP contribution in [0, 0.1) is 19.7 Å². The predicted molar refractivity (Wildman–Crippen MR) is 121 cm³/mol. The van der Waals surface area contributed by atoms with Crippen LogP contribution in [-0.4, -0.2) is 31.8 Å². The lowest BCUT2D eigenvalue weighted by Gasteiger charge is -2.28. The van der Waals surface area contributed by atoms with E-state index in [0.29, 0.717) is 23.1 Å². The second kappa shape index (κ2) is 8.37. The Morgan fingerprint density at radius 3 is 2.38 bits per heavy atom. The molecule has 0 amide bonds. The molecule has 0 spiro atoms. The van der Waals surface area contributed by atoms with Crippen molar-refractivity contribution in [2.75, 3.05) is 12.4 Å². The van der Waals surface area contributed by atoms with Gasteiger partial charge in [0, 0.05) is 6.20 Å². The minimum Gasteiger partial charge on any atom is -0.479 e. The summed E-state index contributed by atoms with van der Waals surface area (Å²) in [5.74, 6) is 0.863. The van der Waals surface area contributed by atoms with Crippen molar-refractivity contribution in [1.82, 2.24) is 24.7 Å². The van der Waals surface area contributed by atoms with Crippen molar-refractivity contribution in [3.8, 4) is 23.0 Å². The van der Waals surface area contributed by atoms with Gasteiger partial charge in [0.15, 0.2) is 5.82 Å². The largest absolute Gasteiger partial charge is 0.479 e. The topological polar surface area (TPSA) is 77.8 Å². The third-order valence-electron chi connectivity index (χ3n) is 5.27. The van der Waals surface area contributed by atoms with Gasteiger partial charge in [-0.05, 0) is 69.2 Å². The van der Waals surface area contributed by atoms with Gasteiger partial charge in [-0.1, -0.05) is 12.1 Å². The van der Waals surface area contributed by atoms with Crippen LogP contribution in [0.5, 0.6) is 5.88 Å². The summed E-state index contributed by atoms with van der Waals surface area (Å²) in [5, 5.41) is 12.2. The molecular weight excluding hydrogens is 407 g/mol. The number of nitrogens with zero attached hydrogens (tertiary/aromatic N) is 5. The van der Waals surface area contributed by atoms with Crippen LogP contribution in [0.25, 0.3) is 17.1 Å². The van der Waals surface area contributed by atoms with E-state index in [-0.39, 0.29) is 5.82 Å². The first-order chi connectivity index (χ1) is 15.3. The molecule has 3 heterocycles. The molecular formula is C24H25FN6O. The smallest absolute Gasteiger partial charge is 0.238 e. The van der Waals surface area contributed by atoms with Crippen molar-refractivity contribution in [3.63, 3.8) is 0 Å². The van der Waals surface area contributed by atoms with Gasteiger partial charge >= 0.3 is 0 Å². The SMILES string of the molecule is COc1nc(-c2cc(C)c(NC(C)(C)c3ccc(F)cc3)nn2)ccc1-n1cnc(C)c1. The van der Waals surface area contributed by atoms with Crippen LogP contribution >= 0.6 is 0 Å². The maximum atomic E-state index is 13.3. The summed E-state index contributed by atoms with van der Waals surface area (Å²) in [7, 11) is 1.58. The van der Waals surface area contributed by atoms with E-state index in [9.17, 15) is 4.39 Å². The third kappa shape index (κ3) is 4.30. The number of aryl methyl sites for hydroxylation is 2. The first-order valence-electron chi connectivity index (χ1n) is 10.2. The summed E-state index contributed by atoms with van der Waals surface area (Å²) in [6.07, 6.45) is 3.63. The molecule has 0 unspecified atom stereocenters. The zero-order chi connectivity index (χ0) is 22.9. The Balaban J connectivity index is 1.61. The van der Waals surface area contributed by atoms with Crippen LogP contribution in [0.4, 0.5) is 10.2 Å². The van der Waals surface area contributed by atoms with E-state index in [1.807, 2.05) is 56.7 Å². The highest BCUT2D eigenvalue weighted by Gasteiger charge is 2.22. The number of hydrogen-bond donors (Lipinski definition) is 1. The second-order valence-electron chi connectivity index (χ2n) is 8.17. The number of rotatable bonds is 6. The Morgan fingerprint density at radius 1 is 1.00 bits per heavy atom. The molecule has 0 fully saturated rings. The van der Waals surface area contributed by atoms with Crippen molar-refractivity contribution >= 4 is 5.82 Å². The van der Waals surface area contributed by atoms with Gasteiger partial charge in [0.2, 0.25) is 5.88 Å². The molecule has 0 aliphatic carbocycles. The third-order valence-corrected chi connectivity index (χ3v) is 5.27. The van der Waals surface area contributed by atoms with Gasteiger partial charge in [0.25, 0.3) is 0 Å². The zero-order valence-corrected chi connectivity index (χ0v) is 18.7. The van der Waals surface area contributed by atoms with E-state index in [4.69, 9.17) is 4.74 Å². The monoisotopic (exact) mass is 432 g/mol. The van der Waals surface area contributed by atoms with Gasteiger partial charge in [-0.3, -0.25) is 0 Å². The van der Waals surface area contributed by atoms with Crippen molar-refractivity contribution in [1.29, 1.82) is 0 Å². The molecule has 32 heavy (non-hydrogen) atoms. The number of hydrogen-bond acceptors (Lipinski definition) is 6. The Kier molecular flexibility index (Phi) is 5.61. The number of anilines is 1. The highest BCUT2D eigenvalue weighted by molar-refractivity contribution is 5.61. The first-order valence-corrected chi connectivity index (χ1v) is 10.2. The quantitative estimate of drug-likeness (QED) is 0.470. The average Bonchev–Trinajstić information content (AvgIpc) is 3.21. The molecule has 3 aromatic heterocycles. The lowest BCUT2D eigenvalue weighted by Crippen LogP contribution is -2.29. The summed E-state index contributed by atoms with van der Waals surface area (Å²) in [6.45, 7) is 7.91. The Hall–Kier alpha value is -3.81. The molecule has 164 valence electrons. The van der Waals surface area contributed by atoms with Crippen molar-refractivity contribution in [3.05, 3.63) is 77.6 Å². The molecule has 0 saturated heterocycles. The van der Waals surface area contributed by atoms with Crippen LogP contribution in [0.1, 0.15) is 30.7 Å². The van der Waals surface area contributed by atoms with Crippen molar-refractivity contribution < 1.29 is 9.13 Å². The second-order valence-corrected chi connectivity index (χ2v) is 8.17. The summed E-state index contributed by atoms with van der Waals surface area (Å²) < 4.78 is 20.7. The summed E-state index contributed by atoms with van der Waals surface area (Å²) in [6, 6.07) is 12.2. The molecule has 0 atom stereocenters. The number of methoxy groups -OCH3 is 1. The van der Waals surface area contributed by atoms with Gasteiger partial charge < -0.3 is 14.6 Å². The van der Waals surface area contributed by atoms with Crippen LogP contribution in [0.15, 0.2) is 55.0 Å². The summed E-state index contributed by atoms with van der Waals surface area (Å²) in [5.41, 5.74) is 4.40. The van der Waals surface area contributed by atoms with Crippen molar-refractivity contribution in [2.24, 2.45) is 0 Å². The molecule has 1 aromatic carbocycles. The predicted octanol–water partition coefficient (Wildman–Crippen LogP) is 4.84. The minimum absolute atomic E-state index is 0.262. The van der Waals surface area contributed by atoms with E-state index >= 15 is 0 Å². The zero-order valence-electron chi connectivity index (χ0n) is 18.7. The fourth-order valence-electron chi connectivity index (χ4n) is 3.44. The molecule has 7 nitrogen and oxygen atoms in total. The molecule has 0 bridgehead atoms. The number of halogens is 1. The molecule has 0 radical (unpaired) electrons. The number of benzene rings is 1. The molecule has 1 N–H and O–H groups in total. The molecule has 4 rings (SSSR count). The van der Waals surface area contributed by atoms with E-state index < -0.39 is 5.54 Å². The van der Waals surface area contributed by atoms with Crippen LogP contribution < -0.4 is 10.1 Å². The van der Waals surface area contributed by atoms with Crippen LogP contribution in [0.3, 0.4) is 0 Å². The fourth-order valence-corrected chi connectivity index (χ4v) is 3.44. The normalized spacial score (nSPS) is 11.4. The van der Waals surface area contributed by atoms with E-state index in [1.165, 1.54) is 12.1 Å². The first kappa shape index (κ1) is 21.4. The minimum atomic E-state index is -0.458. The molecule has 8 heteroatoms. The van der Waals surface area contributed by atoms with Gasteiger partial charge in [-0.15, -0.1) is 10.2 Å². The maximum absolute atomic E-state index is 13.3. The van der Waals surface area contributed by atoms with Gasteiger partial charge in [-0.2, -0.15) is 0 Å². The standard InChI is InChI=1S/C24H25FN6O/c1-15-12-20(19-10-11-21(23(27-19)32-5)31-13-16(2)26-14-31)29-30-22(15)28-24(3,4)17-6-8-18(25)9-7-17/h6-14H,1-5H3,(H,28,30). The van der Waals surface area contributed by atoms with E-state index in [0.717, 1.165) is 22.5 Å². The van der Waals surface area contributed by atoms with Gasteiger partial charge in [0.1, 0.15) is 17.2 Å². The maximum Gasteiger partial charge on any atom is 0.238 e. The van der Waals surface area contributed by atoms with Crippen molar-refractivity contribution in [2.45, 2.75) is 33.2 Å². The number of imidazole rings is 1. The number of aromatic nitrogens is 5. The highest BCUT2D eigenvalue weighted by atomic mass is 19.1. The number of ether oxygens (including phenoxy) is 1. The average molecular weight is 433 g/mol. The molecule has 0 saturated carbocycles. The Morgan fingerprint density at radius 2 is 1.75 bits per heavy atom. The number of nitrogens with one attached hydrogen (secondary N) is 1. The summed E-state index contributed by atoms with van der Waals surface area (Å²) in [4.78, 5) is 8.88. The van der Waals surface area contributed by atoms with Crippen LogP contribution in [-0.2, 0) is 5.54 Å². The Bertz CT molecular complexity index is 1250. The molecule has 4 aromatic rings. The van der Waals surface area contributed by atoms with Gasteiger partial charge in [-0.25, -0.2) is 14.4 Å². The van der Waals surface area contributed by atoms with E-state index in [1.54, 1.807) is 25.6 Å². The molecule has 0 aliphatic rings. The lowest BCUT2D eigenvalue weighted by molar-refractivity contribution is 0.396.